The maximum Gasteiger partial charge on any atom is 0.422 e. The highest BCUT2D eigenvalue weighted by atomic mass is 32.2. The summed E-state index contributed by atoms with van der Waals surface area (Å²) in [6.45, 7) is -0.951. The monoisotopic (exact) mass is 477 g/mol. The lowest BCUT2D eigenvalue weighted by Gasteiger charge is -2.30. The molecule has 2 aromatic heterocycles. The van der Waals surface area contributed by atoms with Crippen molar-refractivity contribution in [3.63, 3.8) is 0 Å². The van der Waals surface area contributed by atoms with E-state index in [4.69, 9.17) is 9.47 Å². The SMILES string of the molecule is COc1cc(Nc2nc(NC3CCN(S(C)(=O)=O)CC3)nc(OCC(F)(F)F)n2)ccn1. The normalized spacial score (nSPS) is 15.9. The third-order valence-electron chi connectivity index (χ3n) is 4.44. The van der Waals surface area contributed by atoms with Crippen molar-refractivity contribution >= 4 is 27.6 Å². The van der Waals surface area contributed by atoms with Gasteiger partial charge in [-0.2, -0.15) is 28.1 Å². The average Bonchev–Trinajstić information content (AvgIpc) is 2.71. The lowest BCUT2D eigenvalue weighted by molar-refractivity contribution is -0.154. The third-order valence-corrected chi connectivity index (χ3v) is 5.74. The lowest BCUT2D eigenvalue weighted by atomic mass is 10.1. The molecule has 3 heterocycles. The summed E-state index contributed by atoms with van der Waals surface area (Å²) in [5.74, 6) is 0.258. The molecule has 32 heavy (non-hydrogen) atoms. The summed E-state index contributed by atoms with van der Waals surface area (Å²) in [5, 5.41) is 5.87. The highest BCUT2D eigenvalue weighted by Gasteiger charge is 2.30. The molecule has 0 spiro atoms. The molecule has 176 valence electrons. The summed E-state index contributed by atoms with van der Waals surface area (Å²) in [4.78, 5) is 15.9. The molecule has 15 heteroatoms. The molecular weight excluding hydrogens is 455 g/mol. The van der Waals surface area contributed by atoms with Crippen molar-refractivity contribution in [2.75, 3.05) is 43.7 Å². The molecule has 1 fully saturated rings. The van der Waals surface area contributed by atoms with E-state index in [1.807, 2.05) is 0 Å². The van der Waals surface area contributed by atoms with E-state index in [-0.39, 0.29) is 17.9 Å². The third kappa shape index (κ3) is 7.05. The van der Waals surface area contributed by atoms with E-state index in [9.17, 15) is 21.6 Å². The number of alkyl halides is 3. The van der Waals surface area contributed by atoms with Crippen molar-refractivity contribution in [3.05, 3.63) is 18.3 Å². The predicted octanol–water partition coefficient (Wildman–Crippen LogP) is 1.80. The van der Waals surface area contributed by atoms with Crippen LogP contribution in [-0.4, -0.2) is 77.9 Å². The van der Waals surface area contributed by atoms with Crippen LogP contribution in [0.5, 0.6) is 11.9 Å². The first-order chi connectivity index (χ1) is 15.0. The Labute approximate surface area is 182 Å². The summed E-state index contributed by atoms with van der Waals surface area (Å²) in [6, 6.07) is 2.45. The van der Waals surface area contributed by atoms with Gasteiger partial charge in [0.25, 0.3) is 0 Å². The second-order valence-electron chi connectivity index (χ2n) is 6.96. The summed E-state index contributed by atoms with van der Waals surface area (Å²) in [5.41, 5.74) is 0.484. The second kappa shape index (κ2) is 9.68. The number of anilines is 3. The molecule has 0 radical (unpaired) electrons. The molecule has 11 nitrogen and oxygen atoms in total. The highest BCUT2D eigenvalue weighted by Crippen LogP contribution is 2.23. The number of methoxy groups -OCH3 is 1. The summed E-state index contributed by atoms with van der Waals surface area (Å²) >= 11 is 0. The number of rotatable bonds is 8. The van der Waals surface area contributed by atoms with E-state index in [0.717, 1.165) is 6.26 Å². The fourth-order valence-electron chi connectivity index (χ4n) is 2.93. The highest BCUT2D eigenvalue weighted by molar-refractivity contribution is 7.88. The first-order valence-corrected chi connectivity index (χ1v) is 11.3. The van der Waals surface area contributed by atoms with Crippen LogP contribution in [0.2, 0.25) is 0 Å². The van der Waals surface area contributed by atoms with Crippen LogP contribution in [0.3, 0.4) is 0 Å². The largest absolute Gasteiger partial charge is 0.481 e. The van der Waals surface area contributed by atoms with Gasteiger partial charge in [0.1, 0.15) is 0 Å². The van der Waals surface area contributed by atoms with Gasteiger partial charge < -0.3 is 20.1 Å². The van der Waals surface area contributed by atoms with E-state index in [1.54, 1.807) is 12.1 Å². The van der Waals surface area contributed by atoms with Crippen molar-refractivity contribution in [1.29, 1.82) is 0 Å². The van der Waals surface area contributed by atoms with Gasteiger partial charge in [0.15, 0.2) is 6.61 Å². The van der Waals surface area contributed by atoms with Gasteiger partial charge in [-0.05, 0) is 18.9 Å². The number of nitrogens with one attached hydrogen (secondary N) is 2. The summed E-state index contributed by atoms with van der Waals surface area (Å²) < 4.78 is 72.1. The van der Waals surface area contributed by atoms with Crippen molar-refractivity contribution in [2.45, 2.75) is 25.1 Å². The van der Waals surface area contributed by atoms with Gasteiger partial charge in [0.2, 0.25) is 27.8 Å². The Kier molecular flexibility index (Phi) is 7.18. The quantitative estimate of drug-likeness (QED) is 0.580. The molecular formula is C17H22F3N7O4S. The zero-order valence-corrected chi connectivity index (χ0v) is 18.1. The van der Waals surface area contributed by atoms with E-state index < -0.39 is 28.8 Å². The van der Waals surface area contributed by atoms with Gasteiger partial charge in [-0.25, -0.2) is 17.7 Å². The Bertz CT molecular complexity index is 1030. The van der Waals surface area contributed by atoms with E-state index >= 15 is 0 Å². The van der Waals surface area contributed by atoms with Crippen LogP contribution in [0.4, 0.5) is 30.8 Å². The molecule has 1 saturated heterocycles. The number of hydrogen-bond acceptors (Lipinski definition) is 10. The molecule has 0 aromatic carbocycles. The number of hydrogen-bond donors (Lipinski definition) is 2. The standard InChI is InChI=1S/C17H22F3N7O4S/c1-30-13-9-12(3-6-21-13)23-15-24-14(25-16(26-15)31-10-17(18,19)20)22-11-4-7-27(8-5-11)32(2,28)29/h3,6,9,11H,4-5,7-8,10H2,1-2H3,(H2,21,22,23,24,25,26). The Morgan fingerprint density at radius 1 is 1.19 bits per heavy atom. The summed E-state index contributed by atoms with van der Waals surface area (Å²) in [7, 11) is -1.85. The van der Waals surface area contributed by atoms with Crippen LogP contribution in [0.25, 0.3) is 0 Å². The number of pyridine rings is 1. The number of nitrogens with zero attached hydrogens (tertiary/aromatic N) is 5. The number of aromatic nitrogens is 4. The van der Waals surface area contributed by atoms with Gasteiger partial charge in [0.05, 0.1) is 13.4 Å². The van der Waals surface area contributed by atoms with Crippen LogP contribution in [0, 0.1) is 0 Å². The Morgan fingerprint density at radius 2 is 1.88 bits per heavy atom. The van der Waals surface area contributed by atoms with Crippen LogP contribution in [0.15, 0.2) is 18.3 Å². The van der Waals surface area contributed by atoms with Crippen LogP contribution in [0.1, 0.15) is 12.8 Å². The first kappa shape index (κ1) is 23.7. The Morgan fingerprint density at radius 3 is 2.50 bits per heavy atom. The first-order valence-electron chi connectivity index (χ1n) is 9.46. The molecule has 0 aliphatic carbocycles. The molecule has 0 atom stereocenters. The van der Waals surface area contributed by atoms with Crippen molar-refractivity contribution < 1.29 is 31.1 Å². The topological polar surface area (TPSA) is 131 Å². The van der Waals surface area contributed by atoms with Gasteiger partial charge in [-0.3, -0.25) is 0 Å². The smallest absolute Gasteiger partial charge is 0.422 e. The van der Waals surface area contributed by atoms with Gasteiger partial charge in [-0.15, -0.1) is 0 Å². The molecule has 3 rings (SSSR count). The van der Waals surface area contributed by atoms with E-state index in [0.29, 0.717) is 37.5 Å². The molecule has 1 aliphatic rings. The number of sulfonamides is 1. The van der Waals surface area contributed by atoms with Gasteiger partial charge in [-0.1, -0.05) is 0 Å². The van der Waals surface area contributed by atoms with E-state index in [2.05, 4.69) is 30.6 Å². The minimum absolute atomic E-state index is 0.00139. The van der Waals surface area contributed by atoms with Crippen LogP contribution in [-0.2, 0) is 10.0 Å². The summed E-state index contributed by atoms with van der Waals surface area (Å²) in [6.07, 6.45) is -1.00. The fourth-order valence-corrected chi connectivity index (χ4v) is 3.80. The number of halogens is 3. The molecule has 2 aromatic rings. The Hall–Kier alpha value is -2.94. The molecule has 0 unspecified atom stereocenters. The molecule has 0 saturated carbocycles. The molecule has 0 amide bonds. The Balaban J connectivity index is 1.77. The predicted molar refractivity (Wildman–Crippen MR) is 109 cm³/mol. The minimum Gasteiger partial charge on any atom is -0.481 e. The maximum absolute atomic E-state index is 12.6. The van der Waals surface area contributed by atoms with Gasteiger partial charge in [0, 0.05) is 37.1 Å². The second-order valence-corrected chi connectivity index (χ2v) is 8.94. The average molecular weight is 477 g/mol. The van der Waals surface area contributed by atoms with Crippen molar-refractivity contribution in [2.24, 2.45) is 0 Å². The van der Waals surface area contributed by atoms with Crippen LogP contribution < -0.4 is 20.1 Å². The fraction of sp³-hybridized carbons (Fsp3) is 0.529. The lowest BCUT2D eigenvalue weighted by Crippen LogP contribution is -2.42. The zero-order chi connectivity index (χ0) is 23.4. The minimum atomic E-state index is -4.56. The number of piperidine rings is 1. The van der Waals surface area contributed by atoms with Crippen LogP contribution >= 0.6 is 0 Å². The van der Waals surface area contributed by atoms with Gasteiger partial charge >= 0.3 is 12.2 Å². The number of ether oxygens (including phenoxy) is 2. The van der Waals surface area contributed by atoms with E-state index in [1.165, 1.54) is 17.6 Å². The van der Waals surface area contributed by atoms with Crippen molar-refractivity contribution in [3.8, 4) is 11.9 Å². The zero-order valence-electron chi connectivity index (χ0n) is 17.3. The molecule has 2 N–H and O–H groups in total. The molecule has 1 aliphatic heterocycles. The van der Waals surface area contributed by atoms with Crippen molar-refractivity contribution in [1.82, 2.24) is 24.2 Å². The molecule has 0 bridgehead atoms. The maximum atomic E-state index is 12.6.